The van der Waals surface area contributed by atoms with Crippen LogP contribution in [0, 0.1) is 0 Å². The standard InChI is InChI=1S/C12H14ClNO3/c13-9-6-11-10(16-3-4-17-11)5-8(9)12-7-14-1-2-15-12/h5-6,12,14H,1-4,7H2. The summed E-state index contributed by atoms with van der Waals surface area (Å²) in [5.41, 5.74) is 0.961. The van der Waals surface area contributed by atoms with Crippen LogP contribution in [0.1, 0.15) is 11.7 Å². The molecule has 2 heterocycles. The van der Waals surface area contributed by atoms with Crippen LogP contribution in [0.5, 0.6) is 11.5 Å². The maximum absolute atomic E-state index is 6.25. The summed E-state index contributed by atoms with van der Waals surface area (Å²) >= 11 is 6.25. The fourth-order valence-corrected chi connectivity index (χ4v) is 2.37. The van der Waals surface area contributed by atoms with Crippen LogP contribution in [0.2, 0.25) is 5.02 Å². The summed E-state index contributed by atoms with van der Waals surface area (Å²) in [6.45, 7) is 3.52. The molecule has 1 aromatic rings. The molecule has 1 fully saturated rings. The van der Waals surface area contributed by atoms with E-state index in [-0.39, 0.29) is 6.10 Å². The zero-order valence-electron chi connectivity index (χ0n) is 9.37. The summed E-state index contributed by atoms with van der Waals surface area (Å²) in [7, 11) is 0. The number of fused-ring (bicyclic) bond motifs is 1. The maximum atomic E-state index is 6.25. The highest BCUT2D eigenvalue weighted by Crippen LogP contribution is 2.38. The van der Waals surface area contributed by atoms with Crippen molar-refractivity contribution in [3.8, 4) is 11.5 Å². The van der Waals surface area contributed by atoms with E-state index in [0.717, 1.165) is 24.4 Å². The van der Waals surface area contributed by atoms with E-state index in [0.29, 0.717) is 30.6 Å². The minimum atomic E-state index is -0.00734. The normalized spacial score (nSPS) is 23.5. The first-order valence-electron chi connectivity index (χ1n) is 5.76. The zero-order chi connectivity index (χ0) is 11.7. The van der Waals surface area contributed by atoms with Crippen molar-refractivity contribution in [3.05, 3.63) is 22.7 Å². The Kier molecular flexibility index (Phi) is 3.09. The third kappa shape index (κ3) is 2.20. The summed E-state index contributed by atoms with van der Waals surface area (Å²) in [5.74, 6) is 1.47. The van der Waals surface area contributed by atoms with Gasteiger partial charge in [-0.05, 0) is 6.07 Å². The number of halogens is 1. The highest BCUT2D eigenvalue weighted by atomic mass is 35.5. The second-order valence-corrected chi connectivity index (χ2v) is 4.49. The van der Waals surface area contributed by atoms with Gasteiger partial charge in [-0.3, -0.25) is 0 Å². The molecule has 1 N–H and O–H groups in total. The summed E-state index contributed by atoms with van der Waals surface area (Å²) in [5, 5.41) is 3.95. The Bertz CT molecular complexity index is 418. The Hall–Kier alpha value is -0.970. The molecule has 0 spiro atoms. The molecule has 1 atom stereocenters. The fourth-order valence-electron chi connectivity index (χ4n) is 2.09. The van der Waals surface area contributed by atoms with Gasteiger partial charge in [-0.25, -0.2) is 0 Å². The van der Waals surface area contributed by atoms with Crippen molar-refractivity contribution in [1.29, 1.82) is 0 Å². The van der Waals surface area contributed by atoms with Gasteiger partial charge in [0.2, 0.25) is 0 Å². The third-order valence-electron chi connectivity index (χ3n) is 2.94. The van der Waals surface area contributed by atoms with E-state index in [2.05, 4.69) is 5.32 Å². The second-order valence-electron chi connectivity index (χ2n) is 4.08. The molecule has 2 aliphatic rings. The smallest absolute Gasteiger partial charge is 0.162 e. The van der Waals surface area contributed by atoms with Gasteiger partial charge in [0.05, 0.1) is 17.7 Å². The highest BCUT2D eigenvalue weighted by molar-refractivity contribution is 6.31. The van der Waals surface area contributed by atoms with E-state index in [1.165, 1.54) is 0 Å². The third-order valence-corrected chi connectivity index (χ3v) is 3.26. The minimum Gasteiger partial charge on any atom is -0.486 e. The van der Waals surface area contributed by atoms with Gasteiger partial charge in [0.1, 0.15) is 13.2 Å². The van der Waals surface area contributed by atoms with Crippen LogP contribution in [0.25, 0.3) is 0 Å². The van der Waals surface area contributed by atoms with Gasteiger partial charge in [-0.1, -0.05) is 11.6 Å². The van der Waals surface area contributed by atoms with Crippen molar-refractivity contribution in [1.82, 2.24) is 5.32 Å². The highest BCUT2D eigenvalue weighted by Gasteiger charge is 2.22. The lowest BCUT2D eigenvalue weighted by atomic mass is 10.1. The van der Waals surface area contributed by atoms with Gasteiger partial charge in [0.15, 0.2) is 11.5 Å². The minimum absolute atomic E-state index is 0.00734. The predicted molar refractivity (Wildman–Crippen MR) is 64.0 cm³/mol. The van der Waals surface area contributed by atoms with Crippen LogP contribution >= 0.6 is 11.6 Å². The van der Waals surface area contributed by atoms with Gasteiger partial charge in [-0.15, -0.1) is 0 Å². The van der Waals surface area contributed by atoms with E-state index < -0.39 is 0 Å². The molecular formula is C12H14ClNO3. The maximum Gasteiger partial charge on any atom is 0.162 e. The van der Waals surface area contributed by atoms with E-state index in [1.807, 2.05) is 12.1 Å². The lowest BCUT2D eigenvalue weighted by Gasteiger charge is -2.26. The van der Waals surface area contributed by atoms with Crippen molar-refractivity contribution >= 4 is 11.6 Å². The molecule has 17 heavy (non-hydrogen) atoms. The van der Waals surface area contributed by atoms with Crippen LogP contribution in [-0.4, -0.2) is 32.9 Å². The topological polar surface area (TPSA) is 39.7 Å². The Morgan fingerprint density at radius 2 is 1.88 bits per heavy atom. The first kappa shape index (κ1) is 11.1. The van der Waals surface area contributed by atoms with Crippen molar-refractivity contribution in [2.75, 3.05) is 32.9 Å². The number of hydrogen-bond donors (Lipinski definition) is 1. The van der Waals surface area contributed by atoms with Gasteiger partial charge >= 0.3 is 0 Å². The molecule has 0 radical (unpaired) electrons. The Morgan fingerprint density at radius 1 is 1.12 bits per heavy atom. The van der Waals surface area contributed by atoms with E-state index >= 15 is 0 Å². The fraction of sp³-hybridized carbons (Fsp3) is 0.500. The van der Waals surface area contributed by atoms with Crippen LogP contribution in [0.4, 0.5) is 0 Å². The largest absolute Gasteiger partial charge is 0.486 e. The summed E-state index contributed by atoms with van der Waals surface area (Å²) < 4.78 is 16.7. The summed E-state index contributed by atoms with van der Waals surface area (Å²) in [4.78, 5) is 0. The molecule has 1 unspecified atom stereocenters. The van der Waals surface area contributed by atoms with Crippen molar-refractivity contribution in [3.63, 3.8) is 0 Å². The monoisotopic (exact) mass is 255 g/mol. The number of rotatable bonds is 1. The first-order valence-corrected chi connectivity index (χ1v) is 6.14. The predicted octanol–water partition coefficient (Wildman–Crippen LogP) is 1.77. The van der Waals surface area contributed by atoms with E-state index in [1.54, 1.807) is 0 Å². The molecule has 3 rings (SSSR count). The van der Waals surface area contributed by atoms with Crippen molar-refractivity contribution < 1.29 is 14.2 Å². The molecule has 1 aromatic carbocycles. The first-order chi connectivity index (χ1) is 8.34. The van der Waals surface area contributed by atoms with Crippen molar-refractivity contribution in [2.45, 2.75) is 6.10 Å². The van der Waals surface area contributed by atoms with Gasteiger partial charge in [0, 0.05) is 24.7 Å². The quantitative estimate of drug-likeness (QED) is 0.830. The average molecular weight is 256 g/mol. The Balaban J connectivity index is 1.93. The van der Waals surface area contributed by atoms with Crippen LogP contribution in [0.3, 0.4) is 0 Å². The molecule has 1 saturated heterocycles. The zero-order valence-corrected chi connectivity index (χ0v) is 10.1. The summed E-state index contributed by atoms with van der Waals surface area (Å²) in [6.07, 6.45) is -0.00734. The molecule has 0 saturated carbocycles. The van der Waals surface area contributed by atoms with E-state index in [9.17, 15) is 0 Å². The Labute approximate surface area is 105 Å². The second kappa shape index (κ2) is 4.72. The molecule has 4 nitrogen and oxygen atoms in total. The molecular weight excluding hydrogens is 242 g/mol. The van der Waals surface area contributed by atoms with Gasteiger partial charge in [-0.2, -0.15) is 0 Å². The van der Waals surface area contributed by atoms with Crippen LogP contribution in [0.15, 0.2) is 12.1 Å². The van der Waals surface area contributed by atoms with Gasteiger partial charge < -0.3 is 19.5 Å². The molecule has 0 bridgehead atoms. The SMILES string of the molecule is Clc1cc2c(cc1C1CNCCO1)OCCO2. The lowest BCUT2D eigenvalue weighted by Crippen LogP contribution is -2.33. The molecule has 0 aliphatic carbocycles. The molecule has 0 amide bonds. The number of benzene rings is 1. The van der Waals surface area contributed by atoms with Crippen LogP contribution < -0.4 is 14.8 Å². The molecule has 0 aromatic heterocycles. The molecule has 92 valence electrons. The van der Waals surface area contributed by atoms with Gasteiger partial charge in [0.25, 0.3) is 0 Å². The number of morpholine rings is 1. The molecule has 5 heteroatoms. The van der Waals surface area contributed by atoms with Crippen LogP contribution in [-0.2, 0) is 4.74 Å². The lowest BCUT2D eigenvalue weighted by molar-refractivity contribution is 0.0274. The Morgan fingerprint density at radius 3 is 2.59 bits per heavy atom. The number of ether oxygens (including phenoxy) is 3. The molecule has 2 aliphatic heterocycles. The number of nitrogens with one attached hydrogen (secondary N) is 1. The number of hydrogen-bond acceptors (Lipinski definition) is 4. The average Bonchev–Trinajstić information content (AvgIpc) is 2.39. The van der Waals surface area contributed by atoms with Crippen molar-refractivity contribution in [2.24, 2.45) is 0 Å². The summed E-state index contributed by atoms with van der Waals surface area (Å²) in [6, 6.07) is 3.73. The van der Waals surface area contributed by atoms with E-state index in [4.69, 9.17) is 25.8 Å².